The molecule has 0 aliphatic carbocycles. The monoisotopic (exact) mass is 502 g/mol. The normalized spacial score (nSPS) is 16.6. The maximum absolute atomic E-state index is 13.4. The Bertz CT molecular complexity index is 1330. The highest BCUT2D eigenvalue weighted by Gasteiger charge is 2.47. The number of anilines is 2. The lowest BCUT2D eigenvalue weighted by Crippen LogP contribution is -2.29. The first kappa shape index (κ1) is 25.6. The molecule has 4 rings (SSSR count). The van der Waals surface area contributed by atoms with Crippen LogP contribution < -0.4 is 19.3 Å². The van der Waals surface area contributed by atoms with Crippen molar-refractivity contribution in [1.29, 1.82) is 0 Å². The van der Waals surface area contributed by atoms with Crippen molar-refractivity contribution in [3.05, 3.63) is 83.4 Å². The summed E-state index contributed by atoms with van der Waals surface area (Å²) in [6, 6.07) is 17.6. The van der Waals surface area contributed by atoms with Crippen molar-refractivity contribution in [1.82, 2.24) is 0 Å². The highest BCUT2D eigenvalue weighted by molar-refractivity contribution is 6.51. The number of carbonyl (C=O) groups excluding carboxylic acids is 2. The molecule has 1 fully saturated rings. The van der Waals surface area contributed by atoms with Crippen LogP contribution in [0.15, 0.2) is 72.3 Å². The van der Waals surface area contributed by atoms with Gasteiger partial charge in [0.05, 0.1) is 24.8 Å². The molecular formula is C29H30N2O6. The van der Waals surface area contributed by atoms with Gasteiger partial charge in [0.2, 0.25) is 0 Å². The van der Waals surface area contributed by atoms with Gasteiger partial charge in [-0.15, -0.1) is 0 Å². The van der Waals surface area contributed by atoms with E-state index in [2.05, 4.69) is 0 Å². The summed E-state index contributed by atoms with van der Waals surface area (Å²) in [5.41, 5.74) is 2.24. The number of phenolic OH excluding ortho intramolecular Hbond substituents is 1. The fraction of sp³-hybridized carbons (Fsp3) is 0.241. The predicted octanol–water partition coefficient (Wildman–Crippen LogP) is 4.88. The topological polar surface area (TPSA) is 99.5 Å². The molecule has 192 valence electrons. The Morgan fingerprint density at radius 3 is 2.16 bits per heavy atom. The minimum Gasteiger partial charge on any atom is -0.507 e. The Morgan fingerprint density at radius 1 is 0.919 bits per heavy atom. The smallest absolute Gasteiger partial charge is 0.300 e. The second kappa shape index (κ2) is 10.7. The van der Waals surface area contributed by atoms with Crippen molar-refractivity contribution in [2.24, 2.45) is 0 Å². The molecule has 1 unspecified atom stereocenters. The van der Waals surface area contributed by atoms with E-state index in [0.29, 0.717) is 35.8 Å². The lowest BCUT2D eigenvalue weighted by Gasteiger charge is -2.26. The minimum absolute atomic E-state index is 0.0565. The van der Waals surface area contributed by atoms with Crippen LogP contribution in [0.4, 0.5) is 11.4 Å². The van der Waals surface area contributed by atoms with Gasteiger partial charge in [0.25, 0.3) is 11.7 Å². The first-order valence-electron chi connectivity index (χ1n) is 12.0. The summed E-state index contributed by atoms with van der Waals surface area (Å²) in [6.45, 7) is 4.46. The SMILES string of the molecule is CCOc1ccc(/C(O)=C2/C(=O)C(=O)N(c3ccc(N(C)C)cc3)C2c2ccc(O)c(OCC)c2)cc1. The van der Waals surface area contributed by atoms with E-state index in [1.165, 1.54) is 11.0 Å². The van der Waals surface area contributed by atoms with E-state index < -0.39 is 17.7 Å². The summed E-state index contributed by atoms with van der Waals surface area (Å²) >= 11 is 0. The van der Waals surface area contributed by atoms with Gasteiger partial charge in [0.1, 0.15) is 11.5 Å². The molecule has 0 saturated carbocycles. The molecule has 3 aromatic rings. The Hall–Kier alpha value is -4.46. The van der Waals surface area contributed by atoms with Gasteiger partial charge in [-0.3, -0.25) is 14.5 Å². The highest BCUT2D eigenvalue weighted by Crippen LogP contribution is 2.44. The molecule has 0 radical (unpaired) electrons. The van der Waals surface area contributed by atoms with Crippen molar-refractivity contribution < 1.29 is 29.3 Å². The third-order valence-corrected chi connectivity index (χ3v) is 6.13. The number of aliphatic hydroxyl groups is 1. The molecule has 0 spiro atoms. The molecule has 1 aliphatic rings. The zero-order chi connectivity index (χ0) is 26.7. The fourth-order valence-corrected chi connectivity index (χ4v) is 4.33. The Balaban J connectivity index is 1.89. The maximum Gasteiger partial charge on any atom is 0.300 e. The minimum atomic E-state index is -0.948. The number of rotatable bonds is 8. The summed E-state index contributed by atoms with van der Waals surface area (Å²) in [5, 5.41) is 21.6. The van der Waals surface area contributed by atoms with Gasteiger partial charge in [0.15, 0.2) is 11.5 Å². The highest BCUT2D eigenvalue weighted by atomic mass is 16.5. The first-order chi connectivity index (χ1) is 17.8. The van der Waals surface area contributed by atoms with Crippen LogP contribution in [-0.2, 0) is 9.59 Å². The number of benzene rings is 3. The summed E-state index contributed by atoms with van der Waals surface area (Å²) in [4.78, 5) is 30.1. The maximum atomic E-state index is 13.4. The summed E-state index contributed by atoms with van der Waals surface area (Å²) in [6.07, 6.45) is 0. The van der Waals surface area contributed by atoms with E-state index in [9.17, 15) is 19.8 Å². The number of aromatic hydroxyl groups is 1. The van der Waals surface area contributed by atoms with Gasteiger partial charge in [-0.2, -0.15) is 0 Å². The van der Waals surface area contributed by atoms with Crippen molar-refractivity contribution in [2.75, 3.05) is 37.1 Å². The molecule has 1 heterocycles. The molecular weight excluding hydrogens is 472 g/mol. The number of hydrogen-bond donors (Lipinski definition) is 2. The molecule has 2 N–H and O–H groups in total. The molecule has 8 nitrogen and oxygen atoms in total. The molecule has 0 aromatic heterocycles. The second-order valence-electron chi connectivity index (χ2n) is 8.70. The largest absolute Gasteiger partial charge is 0.507 e. The quantitative estimate of drug-likeness (QED) is 0.257. The fourth-order valence-electron chi connectivity index (χ4n) is 4.33. The zero-order valence-corrected chi connectivity index (χ0v) is 21.3. The van der Waals surface area contributed by atoms with E-state index in [0.717, 1.165) is 5.69 Å². The first-order valence-corrected chi connectivity index (χ1v) is 12.0. The van der Waals surface area contributed by atoms with E-state index in [1.807, 2.05) is 38.1 Å². The number of Topliss-reactive ketones (excluding diaryl/α,β-unsaturated/α-hetero) is 1. The van der Waals surface area contributed by atoms with Crippen LogP contribution in [0.5, 0.6) is 17.2 Å². The van der Waals surface area contributed by atoms with Gasteiger partial charge in [-0.1, -0.05) is 6.07 Å². The van der Waals surface area contributed by atoms with Gasteiger partial charge < -0.3 is 24.6 Å². The summed E-state index contributed by atoms with van der Waals surface area (Å²) in [5.74, 6) is -1.10. The lowest BCUT2D eigenvalue weighted by molar-refractivity contribution is -0.132. The Morgan fingerprint density at radius 2 is 1.57 bits per heavy atom. The molecule has 1 amide bonds. The number of nitrogens with zero attached hydrogens (tertiary/aromatic N) is 2. The number of amides is 1. The van der Waals surface area contributed by atoms with Gasteiger partial charge >= 0.3 is 0 Å². The average Bonchev–Trinajstić information content (AvgIpc) is 3.16. The predicted molar refractivity (Wildman–Crippen MR) is 142 cm³/mol. The van der Waals surface area contributed by atoms with Gasteiger partial charge in [-0.05, 0) is 80.1 Å². The molecule has 3 aromatic carbocycles. The number of hydrogen-bond acceptors (Lipinski definition) is 7. The Labute approximate surface area is 216 Å². The van der Waals surface area contributed by atoms with Crippen molar-refractivity contribution in [3.8, 4) is 17.2 Å². The van der Waals surface area contributed by atoms with Crippen LogP contribution >= 0.6 is 0 Å². The third kappa shape index (κ3) is 4.95. The molecule has 37 heavy (non-hydrogen) atoms. The van der Waals surface area contributed by atoms with E-state index in [4.69, 9.17) is 9.47 Å². The van der Waals surface area contributed by atoms with Gasteiger partial charge in [-0.25, -0.2) is 0 Å². The van der Waals surface area contributed by atoms with Crippen LogP contribution in [0.2, 0.25) is 0 Å². The number of ketones is 1. The zero-order valence-electron chi connectivity index (χ0n) is 21.3. The third-order valence-electron chi connectivity index (χ3n) is 6.13. The average molecular weight is 503 g/mol. The number of phenols is 1. The van der Waals surface area contributed by atoms with Crippen LogP contribution in [-0.4, -0.2) is 49.2 Å². The molecule has 1 aliphatic heterocycles. The molecule has 8 heteroatoms. The second-order valence-corrected chi connectivity index (χ2v) is 8.70. The number of aliphatic hydroxyl groups excluding tert-OH is 1. The summed E-state index contributed by atoms with van der Waals surface area (Å²) in [7, 11) is 3.81. The van der Waals surface area contributed by atoms with E-state index in [-0.39, 0.29) is 22.8 Å². The molecule has 1 saturated heterocycles. The van der Waals surface area contributed by atoms with Crippen LogP contribution in [0.3, 0.4) is 0 Å². The van der Waals surface area contributed by atoms with Crippen LogP contribution in [0, 0.1) is 0 Å². The number of ether oxygens (including phenoxy) is 2. The van der Waals surface area contributed by atoms with Gasteiger partial charge in [0, 0.05) is 31.0 Å². The van der Waals surface area contributed by atoms with Crippen LogP contribution in [0.1, 0.15) is 31.0 Å². The van der Waals surface area contributed by atoms with Crippen molar-refractivity contribution in [2.45, 2.75) is 19.9 Å². The number of carbonyl (C=O) groups is 2. The van der Waals surface area contributed by atoms with E-state index >= 15 is 0 Å². The van der Waals surface area contributed by atoms with E-state index in [1.54, 1.807) is 55.5 Å². The molecule has 1 atom stereocenters. The van der Waals surface area contributed by atoms with Crippen molar-refractivity contribution in [3.63, 3.8) is 0 Å². The molecule has 0 bridgehead atoms. The standard InChI is InChI=1S/C29H30N2O6/c1-5-36-22-14-7-18(8-15-22)27(33)25-26(19-9-16-23(32)24(17-19)37-6-2)31(29(35)28(25)34)21-12-10-20(11-13-21)30(3)4/h7-17,26,32-33H,5-6H2,1-4H3/b27-25-. The lowest BCUT2D eigenvalue weighted by atomic mass is 9.94. The van der Waals surface area contributed by atoms with Crippen molar-refractivity contribution >= 4 is 28.8 Å². The van der Waals surface area contributed by atoms with Crippen LogP contribution in [0.25, 0.3) is 5.76 Å². The Kier molecular flexibility index (Phi) is 7.38. The summed E-state index contributed by atoms with van der Waals surface area (Å²) < 4.78 is 11.0.